The number of sulfone groups is 1. The summed E-state index contributed by atoms with van der Waals surface area (Å²) in [5.41, 5.74) is 2.45. The van der Waals surface area contributed by atoms with E-state index in [1.165, 1.54) is 6.26 Å². The quantitative estimate of drug-likeness (QED) is 0.308. The van der Waals surface area contributed by atoms with Crippen LogP contribution in [0.3, 0.4) is 0 Å². The third kappa shape index (κ3) is 8.43. The van der Waals surface area contributed by atoms with E-state index in [9.17, 15) is 18.0 Å². The van der Waals surface area contributed by atoms with Crippen LogP contribution in [0.2, 0.25) is 5.02 Å². The number of likely N-dealkylation sites (tertiary alicyclic amines) is 1. The minimum Gasteiger partial charge on any atom is -0.345 e. The summed E-state index contributed by atoms with van der Waals surface area (Å²) in [4.78, 5) is 31.0. The molecule has 3 aromatic carbocycles. The van der Waals surface area contributed by atoms with Crippen molar-refractivity contribution in [3.63, 3.8) is 0 Å². The Labute approximate surface area is 254 Å². The van der Waals surface area contributed by atoms with Crippen LogP contribution in [0.15, 0.2) is 83.8 Å². The summed E-state index contributed by atoms with van der Waals surface area (Å²) in [5.74, 6) is -0.0698. The first kappa shape index (κ1) is 31.7. The maximum atomic E-state index is 13.2. The van der Waals surface area contributed by atoms with Gasteiger partial charge >= 0.3 is 0 Å². The lowest BCUT2D eigenvalue weighted by Gasteiger charge is -2.41. The van der Waals surface area contributed by atoms with Gasteiger partial charge in [-0.3, -0.25) is 9.59 Å². The van der Waals surface area contributed by atoms with E-state index in [4.69, 9.17) is 11.6 Å². The molecule has 1 fully saturated rings. The van der Waals surface area contributed by atoms with E-state index in [-0.39, 0.29) is 41.3 Å². The molecule has 2 amide bonds. The molecule has 0 bridgehead atoms. The molecule has 0 aliphatic carbocycles. The lowest BCUT2D eigenvalue weighted by Crippen LogP contribution is -2.50. The normalized spacial score (nSPS) is 16.0. The summed E-state index contributed by atoms with van der Waals surface area (Å²) in [6.07, 6.45) is 3.95. The molecule has 224 valence electrons. The molecule has 1 aliphatic heterocycles. The molecule has 4 rings (SSSR count). The van der Waals surface area contributed by atoms with Crippen LogP contribution < -0.4 is 5.32 Å². The number of amides is 2. The van der Waals surface area contributed by atoms with E-state index >= 15 is 0 Å². The number of benzene rings is 3. The van der Waals surface area contributed by atoms with Crippen molar-refractivity contribution in [1.82, 2.24) is 15.1 Å². The fraction of sp³-hybridized carbons (Fsp3) is 0.394. The van der Waals surface area contributed by atoms with Gasteiger partial charge < -0.3 is 15.1 Å². The van der Waals surface area contributed by atoms with Crippen molar-refractivity contribution in [3.8, 4) is 0 Å². The Morgan fingerprint density at radius 1 is 0.976 bits per heavy atom. The Kier molecular flexibility index (Phi) is 10.8. The second-order valence-electron chi connectivity index (χ2n) is 11.1. The number of rotatable bonds is 11. The van der Waals surface area contributed by atoms with Crippen LogP contribution in [-0.4, -0.2) is 68.0 Å². The average Bonchev–Trinajstić information content (AvgIpc) is 2.98. The van der Waals surface area contributed by atoms with Crippen LogP contribution in [0.4, 0.5) is 0 Å². The van der Waals surface area contributed by atoms with E-state index in [1.54, 1.807) is 48.5 Å². The summed E-state index contributed by atoms with van der Waals surface area (Å²) >= 11 is 6.01. The van der Waals surface area contributed by atoms with E-state index in [1.807, 2.05) is 42.2 Å². The first-order chi connectivity index (χ1) is 20.0. The Morgan fingerprint density at radius 2 is 1.60 bits per heavy atom. The Bertz CT molecular complexity index is 1440. The largest absolute Gasteiger partial charge is 0.345 e. The number of carbonyl (C=O) groups is 2. The molecule has 9 heteroatoms. The molecule has 42 heavy (non-hydrogen) atoms. The Balaban J connectivity index is 1.35. The minimum atomic E-state index is -3.27. The first-order valence-electron chi connectivity index (χ1n) is 14.5. The topological polar surface area (TPSA) is 86.8 Å². The Hall–Kier alpha value is -3.20. The molecule has 0 spiro atoms. The van der Waals surface area contributed by atoms with Gasteiger partial charge in [0, 0.05) is 48.6 Å². The first-order valence-corrected chi connectivity index (χ1v) is 16.8. The van der Waals surface area contributed by atoms with Gasteiger partial charge in [-0.2, -0.15) is 0 Å². The van der Waals surface area contributed by atoms with Crippen molar-refractivity contribution in [3.05, 3.63) is 101 Å². The highest BCUT2D eigenvalue weighted by atomic mass is 35.5. The summed E-state index contributed by atoms with van der Waals surface area (Å²) < 4.78 is 23.5. The highest BCUT2D eigenvalue weighted by molar-refractivity contribution is 7.90. The van der Waals surface area contributed by atoms with Gasteiger partial charge in [0.1, 0.15) is 0 Å². The Morgan fingerprint density at radius 3 is 2.17 bits per heavy atom. The number of nitrogens with zero attached hydrogens (tertiary/aromatic N) is 2. The van der Waals surface area contributed by atoms with E-state index in [0.717, 1.165) is 43.5 Å². The molecular weight excluding hydrogens is 570 g/mol. The SMILES string of the molecule is CCN(C(=O)Cc1ccc(S(C)(=O)=O)cc1)C1CCN(C(C)C[C@H](NC(=O)c2ccc(Cl)cc2)c2ccccc2)CC1. The second-order valence-corrected chi connectivity index (χ2v) is 13.5. The van der Waals surface area contributed by atoms with Gasteiger partial charge in [-0.15, -0.1) is 0 Å². The predicted molar refractivity (Wildman–Crippen MR) is 167 cm³/mol. The van der Waals surface area contributed by atoms with Crippen LogP contribution in [0, 0.1) is 0 Å². The van der Waals surface area contributed by atoms with Gasteiger partial charge in [-0.25, -0.2) is 8.42 Å². The molecule has 1 saturated heterocycles. The van der Waals surface area contributed by atoms with Gasteiger partial charge in [0.05, 0.1) is 17.4 Å². The summed E-state index contributed by atoms with van der Waals surface area (Å²) in [7, 11) is -3.27. The monoisotopic (exact) mass is 609 g/mol. The zero-order chi connectivity index (χ0) is 30.3. The maximum Gasteiger partial charge on any atom is 0.251 e. The zero-order valence-corrected chi connectivity index (χ0v) is 26.1. The molecule has 0 saturated carbocycles. The smallest absolute Gasteiger partial charge is 0.251 e. The molecule has 2 atom stereocenters. The van der Waals surface area contributed by atoms with Gasteiger partial charge in [0.2, 0.25) is 5.91 Å². The number of nitrogens with one attached hydrogen (secondary N) is 1. The number of likely N-dealkylation sites (N-methyl/N-ethyl adjacent to an activating group) is 1. The highest BCUT2D eigenvalue weighted by Gasteiger charge is 2.30. The van der Waals surface area contributed by atoms with Crippen molar-refractivity contribution >= 4 is 33.3 Å². The number of piperidine rings is 1. The lowest BCUT2D eigenvalue weighted by molar-refractivity contribution is -0.133. The summed E-state index contributed by atoms with van der Waals surface area (Å²) in [6.45, 7) is 6.57. The molecule has 7 nitrogen and oxygen atoms in total. The van der Waals surface area contributed by atoms with Gasteiger partial charge in [-0.1, -0.05) is 54.1 Å². The molecule has 0 radical (unpaired) electrons. The van der Waals surface area contributed by atoms with Crippen LogP contribution >= 0.6 is 11.6 Å². The van der Waals surface area contributed by atoms with Crippen molar-refractivity contribution in [2.75, 3.05) is 25.9 Å². The number of hydrogen-bond donors (Lipinski definition) is 1. The van der Waals surface area contributed by atoms with E-state index in [0.29, 0.717) is 17.1 Å². The van der Waals surface area contributed by atoms with Crippen LogP contribution in [0.25, 0.3) is 0 Å². The fourth-order valence-corrected chi connectivity index (χ4v) is 6.46. The zero-order valence-electron chi connectivity index (χ0n) is 24.5. The number of halogens is 1. The molecule has 1 heterocycles. The van der Waals surface area contributed by atoms with Crippen molar-refractivity contribution in [2.24, 2.45) is 0 Å². The van der Waals surface area contributed by atoms with Gasteiger partial charge in [0.15, 0.2) is 9.84 Å². The highest BCUT2D eigenvalue weighted by Crippen LogP contribution is 2.26. The van der Waals surface area contributed by atoms with Crippen molar-refractivity contribution < 1.29 is 18.0 Å². The molecule has 1 unspecified atom stereocenters. The third-order valence-electron chi connectivity index (χ3n) is 8.12. The van der Waals surface area contributed by atoms with Crippen LogP contribution in [0.1, 0.15) is 60.6 Å². The number of hydrogen-bond acceptors (Lipinski definition) is 5. The standard InChI is InChI=1S/C33H40ClN3O4S/c1-4-37(32(38)23-25-10-16-30(17-11-25)42(3,40)41)29-18-20-36(21-19-29)24(2)22-31(26-8-6-5-7-9-26)35-33(39)27-12-14-28(34)15-13-27/h5-17,24,29,31H,4,18-23H2,1-3H3,(H,35,39)/t24?,31-/m0/s1. The molecule has 1 N–H and O–H groups in total. The van der Waals surface area contributed by atoms with E-state index in [2.05, 4.69) is 17.1 Å². The average molecular weight is 610 g/mol. The second kappa shape index (κ2) is 14.3. The third-order valence-corrected chi connectivity index (χ3v) is 9.50. The van der Waals surface area contributed by atoms with Crippen LogP contribution in [0.5, 0.6) is 0 Å². The van der Waals surface area contributed by atoms with Gasteiger partial charge in [-0.05, 0) is 80.6 Å². The van der Waals surface area contributed by atoms with Crippen LogP contribution in [-0.2, 0) is 21.1 Å². The van der Waals surface area contributed by atoms with Crippen molar-refractivity contribution in [2.45, 2.75) is 62.6 Å². The van der Waals surface area contributed by atoms with E-state index < -0.39 is 9.84 Å². The minimum absolute atomic E-state index is 0.0603. The molecular formula is C33H40ClN3O4S. The number of carbonyl (C=O) groups excluding carboxylic acids is 2. The summed E-state index contributed by atoms with van der Waals surface area (Å²) in [5, 5.41) is 3.82. The fourth-order valence-electron chi connectivity index (χ4n) is 5.70. The van der Waals surface area contributed by atoms with Crippen molar-refractivity contribution in [1.29, 1.82) is 0 Å². The summed E-state index contributed by atoms with van der Waals surface area (Å²) in [6, 6.07) is 23.8. The molecule has 3 aromatic rings. The molecule has 1 aliphatic rings. The lowest BCUT2D eigenvalue weighted by atomic mass is 9.95. The van der Waals surface area contributed by atoms with Gasteiger partial charge in [0.25, 0.3) is 5.91 Å². The molecule has 0 aromatic heterocycles. The predicted octanol–water partition coefficient (Wildman–Crippen LogP) is 5.55. The maximum absolute atomic E-state index is 13.2.